The first kappa shape index (κ1) is 16.0. The van der Waals surface area contributed by atoms with Gasteiger partial charge in [-0.15, -0.1) is 0 Å². The molecular formula is C17H25BrFN. The highest BCUT2D eigenvalue weighted by Crippen LogP contribution is 2.34. The molecule has 1 saturated carbocycles. The maximum absolute atomic E-state index is 13.5. The van der Waals surface area contributed by atoms with Gasteiger partial charge in [0.15, 0.2) is 0 Å². The predicted molar refractivity (Wildman–Crippen MR) is 86.4 cm³/mol. The van der Waals surface area contributed by atoms with Gasteiger partial charge < -0.3 is 5.32 Å². The van der Waals surface area contributed by atoms with Crippen molar-refractivity contribution in [1.82, 2.24) is 5.32 Å². The van der Waals surface area contributed by atoms with E-state index in [-0.39, 0.29) is 5.82 Å². The highest BCUT2D eigenvalue weighted by molar-refractivity contribution is 9.10. The lowest BCUT2D eigenvalue weighted by Crippen LogP contribution is -2.38. The molecule has 112 valence electrons. The van der Waals surface area contributed by atoms with Gasteiger partial charge in [-0.2, -0.15) is 0 Å². The van der Waals surface area contributed by atoms with Gasteiger partial charge in [-0.25, -0.2) is 4.39 Å². The Balaban J connectivity index is 2.04. The van der Waals surface area contributed by atoms with Gasteiger partial charge in [0.2, 0.25) is 0 Å². The summed E-state index contributed by atoms with van der Waals surface area (Å²) in [5.74, 6) is 1.45. The van der Waals surface area contributed by atoms with Crippen molar-refractivity contribution in [2.24, 2.45) is 11.8 Å². The van der Waals surface area contributed by atoms with E-state index in [9.17, 15) is 4.39 Å². The standard InChI is InChI=1S/C17H25BrFN/c1-3-12-5-4-6-14(7-12)17(20-2)10-13-8-15(18)11-16(19)9-13/h8-9,11-12,14,17,20H,3-7,10H2,1-2H3. The molecule has 1 aromatic rings. The topological polar surface area (TPSA) is 12.0 Å². The summed E-state index contributed by atoms with van der Waals surface area (Å²) in [6.07, 6.45) is 7.55. The fourth-order valence-electron chi connectivity index (χ4n) is 3.56. The zero-order valence-corrected chi connectivity index (χ0v) is 14.0. The Morgan fingerprint density at radius 3 is 2.80 bits per heavy atom. The van der Waals surface area contributed by atoms with Crippen LogP contribution >= 0.6 is 15.9 Å². The molecule has 0 radical (unpaired) electrons. The first-order valence-electron chi connectivity index (χ1n) is 7.74. The number of hydrogen-bond donors (Lipinski definition) is 1. The van der Waals surface area contributed by atoms with Crippen LogP contribution in [0.3, 0.4) is 0 Å². The number of halogens is 2. The number of nitrogens with one attached hydrogen (secondary N) is 1. The Hall–Kier alpha value is -0.410. The van der Waals surface area contributed by atoms with E-state index >= 15 is 0 Å². The summed E-state index contributed by atoms with van der Waals surface area (Å²) in [6.45, 7) is 2.30. The minimum absolute atomic E-state index is 0.153. The Labute approximate surface area is 130 Å². The summed E-state index contributed by atoms with van der Waals surface area (Å²) >= 11 is 3.38. The van der Waals surface area contributed by atoms with Crippen LogP contribution in [0.15, 0.2) is 22.7 Å². The average molecular weight is 342 g/mol. The lowest BCUT2D eigenvalue weighted by Gasteiger charge is -2.34. The molecule has 1 aliphatic carbocycles. The third-order valence-electron chi connectivity index (χ3n) is 4.72. The monoisotopic (exact) mass is 341 g/mol. The van der Waals surface area contributed by atoms with Gasteiger partial charge in [-0.3, -0.25) is 0 Å². The van der Waals surface area contributed by atoms with Gasteiger partial charge in [-0.05, 0) is 61.9 Å². The first-order valence-corrected chi connectivity index (χ1v) is 8.54. The minimum atomic E-state index is -0.153. The fraction of sp³-hybridized carbons (Fsp3) is 0.647. The quantitative estimate of drug-likeness (QED) is 0.800. The van der Waals surface area contributed by atoms with Crippen molar-refractivity contribution in [1.29, 1.82) is 0 Å². The molecule has 1 nitrogen and oxygen atoms in total. The van der Waals surface area contributed by atoms with E-state index in [1.54, 1.807) is 6.07 Å². The molecule has 1 fully saturated rings. The molecule has 0 amide bonds. The van der Waals surface area contributed by atoms with Crippen LogP contribution in [0.2, 0.25) is 0 Å². The van der Waals surface area contributed by atoms with E-state index in [4.69, 9.17) is 0 Å². The van der Waals surface area contributed by atoms with E-state index in [0.29, 0.717) is 6.04 Å². The zero-order chi connectivity index (χ0) is 14.5. The van der Waals surface area contributed by atoms with Gasteiger partial charge in [0.25, 0.3) is 0 Å². The smallest absolute Gasteiger partial charge is 0.124 e. The Bertz CT molecular complexity index is 415. The Kier molecular flexibility index (Phi) is 6.03. The van der Waals surface area contributed by atoms with Gasteiger partial charge in [-0.1, -0.05) is 42.1 Å². The number of hydrogen-bond acceptors (Lipinski definition) is 1. The predicted octanol–water partition coefficient (Wildman–Crippen LogP) is 4.94. The van der Waals surface area contributed by atoms with Crippen LogP contribution in [0.25, 0.3) is 0 Å². The second kappa shape index (κ2) is 7.56. The van der Waals surface area contributed by atoms with Gasteiger partial charge in [0, 0.05) is 10.5 Å². The molecular weight excluding hydrogens is 317 g/mol. The van der Waals surface area contributed by atoms with Gasteiger partial charge in [0.1, 0.15) is 5.82 Å². The summed E-state index contributed by atoms with van der Waals surface area (Å²) in [4.78, 5) is 0. The van der Waals surface area contributed by atoms with Crippen molar-refractivity contribution in [3.63, 3.8) is 0 Å². The minimum Gasteiger partial charge on any atom is -0.316 e. The van der Waals surface area contributed by atoms with Gasteiger partial charge in [0.05, 0.1) is 0 Å². The van der Waals surface area contributed by atoms with E-state index in [1.165, 1.54) is 38.2 Å². The van der Waals surface area contributed by atoms with Crippen molar-refractivity contribution >= 4 is 15.9 Å². The summed E-state index contributed by atoms with van der Waals surface area (Å²) in [5, 5.41) is 3.47. The molecule has 1 aliphatic rings. The Morgan fingerprint density at radius 1 is 1.35 bits per heavy atom. The number of rotatable bonds is 5. The van der Waals surface area contributed by atoms with Crippen LogP contribution in [0.5, 0.6) is 0 Å². The van der Waals surface area contributed by atoms with Crippen LogP contribution in [-0.2, 0) is 6.42 Å². The van der Waals surface area contributed by atoms with Crippen LogP contribution in [0.1, 0.15) is 44.6 Å². The molecule has 0 aliphatic heterocycles. The van der Waals surface area contributed by atoms with E-state index < -0.39 is 0 Å². The Morgan fingerprint density at radius 2 is 2.15 bits per heavy atom. The van der Waals surface area contributed by atoms with Crippen LogP contribution in [0.4, 0.5) is 4.39 Å². The van der Waals surface area contributed by atoms with E-state index in [0.717, 1.165) is 28.3 Å². The summed E-state index contributed by atoms with van der Waals surface area (Å²) in [5.41, 5.74) is 1.08. The maximum atomic E-state index is 13.5. The van der Waals surface area contributed by atoms with Crippen molar-refractivity contribution in [2.45, 2.75) is 51.5 Å². The molecule has 1 N–H and O–H groups in total. The third kappa shape index (κ3) is 4.29. The van der Waals surface area contributed by atoms with Crippen molar-refractivity contribution in [2.75, 3.05) is 7.05 Å². The van der Waals surface area contributed by atoms with Crippen LogP contribution in [0, 0.1) is 17.7 Å². The number of benzene rings is 1. The zero-order valence-electron chi connectivity index (χ0n) is 12.5. The summed E-state index contributed by atoms with van der Waals surface area (Å²) < 4.78 is 14.3. The van der Waals surface area contributed by atoms with E-state index in [1.807, 2.05) is 13.1 Å². The lowest BCUT2D eigenvalue weighted by molar-refractivity contribution is 0.212. The van der Waals surface area contributed by atoms with Crippen LogP contribution in [-0.4, -0.2) is 13.1 Å². The summed E-state index contributed by atoms with van der Waals surface area (Å²) in [6, 6.07) is 5.67. The molecule has 0 bridgehead atoms. The summed E-state index contributed by atoms with van der Waals surface area (Å²) in [7, 11) is 2.04. The van der Waals surface area contributed by atoms with E-state index in [2.05, 4.69) is 28.2 Å². The molecule has 2 rings (SSSR count). The fourth-order valence-corrected chi connectivity index (χ4v) is 4.07. The highest BCUT2D eigenvalue weighted by Gasteiger charge is 2.27. The molecule has 0 heterocycles. The number of likely N-dealkylation sites (N-methyl/N-ethyl adjacent to an activating group) is 1. The molecule has 0 aromatic heterocycles. The van der Waals surface area contributed by atoms with Crippen molar-refractivity contribution in [3.05, 3.63) is 34.1 Å². The molecule has 3 unspecified atom stereocenters. The second-order valence-corrected chi connectivity index (χ2v) is 6.99. The maximum Gasteiger partial charge on any atom is 0.124 e. The average Bonchev–Trinajstić information content (AvgIpc) is 2.44. The second-order valence-electron chi connectivity index (χ2n) is 6.08. The lowest BCUT2D eigenvalue weighted by atomic mass is 9.75. The molecule has 3 atom stereocenters. The SMILES string of the molecule is CCC1CCCC(C(Cc2cc(F)cc(Br)c2)NC)C1. The highest BCUT2D eigenvalue weighted by atomic mass is 79.9. The van der Waals surface area contributed by atoms with Crippen LogP contribution < -0.4 is 5.32 Å². The first-order chi connectivity index (χ1) is 9.62. The molecule has 3 heteroatoms. The van der Waals surface area contributed by atoms with Gasteiger partial charge >= 0.3 is 0 Å². The van der Waals surface area contributed by atoms with Crippen molar-refractivity contribution < 1.29 is 4.39 Å². The molecule has 0 saturated heterocycles. The normalized spacial score (nSPS) is 24.6. The molecule has 20 heavy (non-hydrogen) atoms. The molecule has 0 spiro atoms. The van der Waals surface area contributed by atoms with Crippen molar-refractivity contribution in [3.8, 4) is 0 Å². The molecule has 1 aromatic carbocycles. The third-order valence-corrected chi connectivity index (χ3v) is 5.18. The largest absolute Gasteiger partial charge is 0.316 e.